The minimum Gasteiger partial charge on any atom is -0.353 e. The summed E-state index contributed by atoms with van der Waals surface area (Å²) in [6.07, 6.45) is 0. The Bertz CT molecular complexity index is 1520. The van der Waals surface area contributed by atoms with Crippen LogP contribution in [0.3, 0.4) is 0 Å². The number of aromatic amines is 3. The summed E-state index contributed by atoms with van der Waals surface area (Å²) in [5.74, 6) is 0. The molecule has 0 amide bonds. The van der Waals surface area contributed by atoms with E-state index in [4.69, 9.17) is 0 Å². The first kappa shape index (κ1) is 12.9. The summed E-state index contributed by atoms with van der Waals surface area (Å²) in [4.78, 5) is 16.2. The Kier molecular flexibility index (Phi) is 2.13. The van der Waals surface area contributed by atoms with Crippen molar-refractivity contribution < 1.29 is 0 Å². The number of fused-ring (bicyclic) bond motifs is 10. The second-order valence-corrected chi connectivity index (χ2v) is 6.55. The van der Waals surface area contributed by atoms with Crippen molar-refractivity contribution in [1.82, 2.24) is 19.7 Å². The quantitative estimate of drug-likeness (QED) is 0.386. The van der Waals surface area contributed by atoms with Crippen molar-refractivity contribution in [2.45, 2.75) is 0 Å². The lowest BCUT2D eigenvalue weighted by molar-refractivity contribution is 1.02. The molecule has 3 N–H and O–H groups in total. The average Bonchev–Trinajstić information content (AvgIpc) is 3.28. The number of H-pyrrole nitrogens is 3. The van der Waals surface area contributed by atoms with Gasteiger partial charge in [0, 0.05) is 39.6 Å². The predicted octanol–water partition coefficient (Wildman–Crippen LogP) is 4.14. The van der Waals surface area contributed by atoms with E-state index in [0.29, 0.717) is 0 Å². The topological polar surface area (TPSA) is 69.4 Å². The molecule has 0 spiro atoms. The van der Waals surface area contributed by atoms with Crippen LogP contribution >= 0.6 is 0 Å². The zero-order valence-electron chi connectivity index (χ0n) is 13.5. The monoisotopic (exact) mass is 326 g/mol. The smallest absolute Gasteiger partial charge is 0.272 e. The molecule has 5 heteroatoms. The zero-order chi connectivity index (χ0) is 16.7. The average molecular weight is 326 g/mol. The van der Waals surface area contributed by atoms with Gasteiger partial charge >= 0.3 is 0 Å². The Labute approximate surface area is 140 Å². The molecule has 0 fully saturated rings. The third-order valence-electron chi connectivity index (χ3n) is 5.33. The van der Waals surface area contributed by atoms with Crippen molar-refractivity contribution in [3.8, 4) is 0 Å². The van der Waals surface area contributed by atoms with E-state index in [-0.39, 0.29) is 5.56 Å². The number of nitrogens with zero attached hydrogens (tertiary/aromatic N) is 1. The Hall–Kier alpha value is -3.47. The van der Waals surface area contributed by atoms with Gasteiger partial charge in [-0.05, 0) is 12.1 Å². The minimum absolute atomic E-state index is 0.0837. The third-order valence-corrected chi connectivity index (χ3v) is 5.33. The molecule has 0 saturated heterocycles. The van der Waals surface area contributed by atoms with E-state index >= 15 is 0 Å². The van der Waals surface area contributed by atoms with E-state index in [9.17, 15) is 4.79 Å². The van der Waals surface area contributed by atoms with Crippen molar-refractivity contribution >= 4 is 54.5 Å². The number of nitrogens with one attached hydrogen (secondary N) is 3. The fourth-order valence-electron chi connectivity index (χ4n) is 4.30. The lowest BCUT2D eigenvalue weighted by atomic mass is 10.0. The summed E-state index contributed by atoms with van der Waals surface area (Å²) < 4.78 is 2.20. The van der Waals surface area contributed by atoms with Crippen molar-refractivity contribution in [3.63, 3.8) is 0 Å². The van der Waals surface area contributed by atoms with Crippen LogP contribution in [0.25, 0.3) is 54.5 Å². The van der Waals surface area contributed by atoms with Crippen LogP contribution in [0.15, 0.2) is 53.3 Å². The molecule has 0 aliphatic heterocycles. The molecular formula is C20H14N4O. The summed E-state index contributed by atoms with van der Waals surface area (Å²) in [5.41, 5.74) is 5.08. The predicted molar refractivity (Wildman–Crippen MR) is 102 cm³/mol. The molecule has 0 bridgehead atoms. The summed E-state index contributed by atoms with van der Waals surface area (Å²) in [6, 6.07) is 16.4. The van der Waals surface area contributed by atoms with Crippen LogP contribution in [-0.2, 0) is 7.05 Å². The number of aryl methyl sites for hydroxylation is 1. The summed E-state index contributed by atoms with van der Waals surface area (Å²) in [5, 5.41) is 10.9. The molecular weight excluding hydrogens is 312 g/mol. The van der Waals surface area contributed by atoms with Crippen LogP contribution in [0, 0.1) is 0 Å². The Morgan fingerprint density at radius 2 is 1.56 bits per heavy atom. The molecule has 3 aromatic heterocycles. The van der Waals surface area contributed by atoms with Crippen LogP contribution in [0.2, 0.25) is 0 Å². The summed E-state index contributed by atoms with van der Waals surface area (Å²) >= 11 is 0. The van der Waals surface area contributed by atoms with Gasteiger partial charge in [-0.2, -0.15) is 0 Å². The van der Waals surface area contributed by atoms with Gasteiger partial charge in [0.2, 0.25) is 0 Å². The van der Waals surface area contributed by atoms with Crippen LogP contribution in [0.4, 0.5) is 0 Å². The fourth-order valence-corrected chi connectivity index (χ4v) is 4.30. The second kappa shape index (κ2) is 4.13. The number of hydrogen-bond donors (Lipinski definition) is 3. The maximum Gasteiger partial charge on any atom is 0.272 e. The van der Waals surface area contributed by atoms with Gasteiger partial charge in [-0.3, -0.25) is 15.0 Å². The number of rotatable bonds is 0. The first-order chi connectivity index (χ1) is 12.3. The molecule has 0 atom stereocenters. The molecule has 6 rings (SSSR count). The van der Waals surface area contributed by atoms with E-state index in [0.717, 1.165) is 54.5 Å². The molecule has 25 heavy (non-hydrogen) atoms. The van der Waals surface area contributed by atoms with Gasteiger partial charge in [0.25, 0.3) is 5.56 Å². The maximum absolute atomic E-state index is 12.6. The van der Waals surface area contributed by atoms with Crippen LogP contribution in [0.1, 0.15) is 0 Å². The highest BCUT2D eigenvalue weighted by atomic mass is 16.1. The molecule has 0 aliphatic carbocycles. The number of para-hydroxylation sites is 2. The van der Waals surface area contributed by atoms with Crippen LogP contribution in [-0.4, -0.2) is 19.7 Å². The first-order valence-corrected chi connectivity index (χ1v) is 8.25. The fraction of sp³-hybridized carbons (Fsp3) is 0.0500. The number of aromatic nitrogens is 4. The van der Waals surface area contributed by atoms with Crippen molar-refractivity contribution in [3.05, 3.63) is 58.9 Å². The van der Waals surface area contributed by atoms with Gasteiger partial charge in [-0.25, -0.2) is 0 Å². The second-order valence-electron chi connectivity index (χ2n) is 6.55. The van der Waals surface area contributed by atoms with E-state index in [1.165, 1.54) is 0 Å². The lowest BCUT2D eigenvalue weighted by Crippen LogP contribution is -1.98. The highest BCUT2D eigenvalue weighted by Gasteiger charge is 2.21. The highest BCUT2D eigenvalue weighted by molar-refractivity contribution is 6.34. The molecule has 6 aromatic rings. The summed E-state index contributed by atoms with van der Waals surface area (Å²) in [6.45, 7) is 0. The first-order valence-electron chi connectivity index (χ1n) is 8.25. The minimum atomic E-state index is -0.0837. The van der Waals surface area contributed by atoms with Gasteiger partial charge in [-0.15, -0.1) is 0 Å². The molecule has 120 valence electrons. The summed E-state index contributed by atoms with van der Waals surface area (Å²) in [7, 11) is 2.08. The molecule has 0 saturated carbocycles. The Balaban J connectivity index is 2.13. The number of hydrogen-bond acceptors (Lipinski definition) is 1. The van der Waals surface area contributed by atoms with Crippen molar-refractivity contribution in [2.75, 3.05) is 0 Å². The number of benzene rings is 3. The van der Waals surface area contributed by atoms with Gasteiger partial charge in [0.1, 0.15) is 0 Å². The molecule has 3 aromatic carbocycles. The molecule has 0 radical (unpaired) electrons. The highest BCUT2D eigenvalue weighted by Crippen LogP contribution is 2.40. The molecule has 5 nitrogen and oxygen atoms in total. The van der Waals surface area contributed by atoms with Crippen molar-refractivity contribution in [2.24, 2.45) is 7.05 Å². The standard InChI is InChI=1S/C20H14N4O/c1-24-13-9-5-3-7-11(13)15-17-16(20(25)23-22-17)14-10-6-2-4-8-12(10)21-18(14)19(15)24/h2-9,21H,1H3,(H2,22,23,25). The largest absolute Gasteiger partial charge is 0.353 e. The van der Waals surface area contributed by atoms with Crippen LogP contribution in [0.5, 0.6) is 0 Å². The van der Waals surface area contributed by atoms with Crippen LogP contribution < -0.4 is 5.56 Å². The van der Waals surface area contributed by atoms with E-state index in [1.807, 2.05) is 24.3 Å². The zero-order valence-corrected chi connectivity index (χ0v) is 13.5. The molecule has 3 heterocycles. The third kappa shape index (κ3) is 1.38. The van der Waals surface area contributed by atoms with Gasteiger partial charge in [0.15, 0.2) is 0 Å². The molecule has 0 unspecified atom stereocenters. The van der Waals surface area contributed by atoms with Gasteiger partial charge in [-0.1, -0.05) is 36.4 Å². The van der Waals surface area contributed by atoms with Gasteiger partial charge < -0.3 is 9.55 Å². The molecule has 0 aliphatic rings. The van der Waals surface area contributed by atoms with E-state index < -0.39 is 0 Å². The van der Waals surface area contributed by atoms with Gasteiger partial charge in [0.05, 0.1) is 21.9 Å². The lowest BCUT2D eigenvalue weighted by Gasteiger charge is -2.01. The van der Waals surface area contributed by atoms with Crippen molar-refractivity contribution in [1.29, 1.82) is 0 Å². The maximum atomic E-state index is 12.6. The Morgan fingerprint density at radius 3 is 2.44 bits per heavy atom. The SMILES string of the molecule is Cn1c2ccccc2c2c3[nH][nH]c(=O)c3c3c4ccccc4[nH]c3c21. The Morgan fingerprint density at radius 1 is 0.800 bits per heavy atom. The normalized spacial score (nSPS) is 12.4. The van der Waals surface area contributed by atoms with E-state index in [2.05, 4.69) is 51.1 Å². The van der Waals surface area contributed by atoms with E-state index in [1.54, 1.807) is 0 Å².